The van der Waals surface area contributed by atoms with Crippen molar-refractivity contribution in [3.63, 3.8) is 0 Å². The first-order chi connectivity index (χ1) is 13.3. The first-order valence-corrected chi connectivity index (χ1v) is 11.0. The molecular formula is C21H40N4O3. The number of carbonyl (C=O) groups excluding carboxylic acids is 1. The zero-order valence-corrected chi connectivity index (χ0v) is 18.2. The van der Waals surface area contributed by atoms with E-state index in [0.29, 0.717) is 25.0 Å². The smallest absolute Gasteiger partial charge is 0.317 e. The Kier molecular flexibility index (Phi) is 9.02. The summed E-state index contributed by atoms with van der Waals surface area (Å²) in [5.41, 5.74) is 0. The van der Waals surface area contributed by atoms with E-state index >= 15 is 0 Å². The SMILES string of the molecule is CC1CCN(C(CNC(=O)N2CCCC(N(C)CC(=O)O)CC2)C(C)C)CC1. The lowest BCUT2D eigenvalue weighted by molar-refractivity contribution is -0.138. The highest BCUT2D eigenvalue weighted by atomic mass is 16.4. The molecule has 2 aliphatic heterocycles. The molecule has 2 aliphatic rings. The van der Waals surface area contributed by atoms with Crippen LogP contribution in [0, 0.1) is 11.8 Å². The number of hydrogen-bond acceptors (Lipinski definition) is 4. The average Bonchev–Trinajstić information content (AvgIpc) is 2.88. The molecule has 0 saturated carbocycles. The molecule has 2 rings (SSSR count). The molecule has 0 bridgehead atoms. The molecule has 2 heterocycles. The van der Waals surface area contributed by atoms with Gasteiger partial charge in [0.15, 0.2) is 0 Å². The van der Waals surface area contributed by atoms with Gasteiger partial charge in [-0.05, 0) is 64.1 Å². The number of likely N-dealkylation sites (tertiary alicyclic amines) is 2. The molecule has 0 radical (unpaired) electrons. The summed E-state index contributed by atoms with van der Waals surface area (Å²) in [5, 5.41) is 12.2. The molecule has 2 unspecified atom stereocenters. The standard InChI is InChI=1S/C21H40N4O3/c1-16(2)19(24-11-7-17(3)8-12-24)14-22-21(28)25-10-5-6-18(9-13-25)23(4)15-20(26)27/h16-19H,5-15H2,1-4H3,(H,22,28)(H,26,27). The minimum atomic E-state index is -0.798. The monoisotopic (exact) mass is 396 g/mol. The van der Waals surface area contributed by atoms with Crippen molar-refractivity contribution in [1.29, 1.82) is 0 Å². The fraction of sp³-hybridized carbons (Fsp3) is 0.905. The maximum absolute atomic E-state index is 12.8. The van der Waals surface area contributed by atoms with Crippen LogP contribution >= 0.6 is 0 Å². The second-order valence-corrected chi connectivity index (χ2v) is 9.10. The Morgan fingerprint density at radius 1 is 1.11 bits per heavy atom. The van der Waals surface area contributed by atoms with E-state index in [1.54, 1.807) is 0 Å². The van der Waals surface area contributed by atoms with Crippen molar-refractivity contribution in [3.8, 4) is 0 Å². The largest absolute Gasteiger partial charge is 0.480 e. The van der Waals surface area contributed by atoms with Crippen molar-refractivity contribution >= 4 is 12.0 Å². The number of likely N-dealkylation sites (N-methyl/N-ethyl adjacent to an activating group) is 1. The number of nitrogens with one attached hydrogen (secondary N) is 1. The fourth-order valence-corrected chi connectivity index (χ4v) is 4.52. The quantitative estimate of drug-likeness (QED) is 0.691. The predicted octanol–water partition coefficient (Wildman–Crippen LogP) is 2.32. The molecule has 0 aromatic heterocycles. The number of urea groups is 1. The first kappa shape index (κ1) is 22.9. The maximum atomic E-state index is 12.8. The van der Waals surface area contributed by atoms with E-state index < -0.39 is 5.97 Å². The van der Waals surface area contributed by atoms with Crippen LogP contribution in [0.2, 0.25) is 0 Å². The van der Waals surface area contributed by atoms with Gasteiger partial charge in [0.2, 0.25) is 0 Å². The van der Waals surface area contributed by atoms with Crippen LogP contribution in [0.3, 0.4) is 0 Å². The van der Waals surface area contributed by atoms with Crippen molar-refractivity contribution < 1.29 is 14.7 Å². The molecule has 7 nitrogen and oxygen atoms in total. The topological polar surface area (TPSA) is 76.1 Å². The Morgan fingerprint density at radius 2 is 1.79 bits per heavy atom. The van der Waals surface area contributed by atoms with E-state index in [4.69, 9.17) is 5.11 Å². The van der Waals surface area contributed by atoms with Gasteiger partial charge < -0.3 is 15.3 Å². The molecule has 2 atom stereocenters. The lowest BCUT2D eigenvalue weighted by atomic mass is 9.94. The Hall–Kier alpha value is -1.34. The van der Waals surface area contributed by atoms with Crippen LogP contribution in [0.1, 0.15) is 52.9 Å². The van der Waals surface area contributed by atoms with Gasteiger partial charge in [-0.25, -0.2) is 4.79 Å². The summed E-state index contributed by atoms with van der Waals surface area (Å²) < 4.78 is 0. The Labute approximate surface area is 170 Å². The minimum absolute atomic E-state index is 0.0255. The minimum Gasteiger partial charge on any atom is -0.480 e. The van der Waals surface area contributed by atoms with E-state index in [2.05, 4.69) is 31.0 Å². The molecule has 2 saturated heterocycles. The normalized spacial score (nSPS) is 23.6. The van der Waals surface area contributed by atoms with Crippen LogP contribution in [0.15, 0.2) is 0 Å². The molecule has 0 spiro atoms. The van der Waals surface area contributed by atoms with Crippen LogP contribution in [0.4, 0.5) is 4.79 Å². The van der Waals surface area contributed by atoms with Gasteiger partial charge in [0, 0.05) is 31.7 Å². The molecule has 2 fully saturated rings. The highest BCUT2D eigenvalue weighted by Crippen LogP contribution is 2.21. The number of piperidine rings is 1. The summed E-state index contributed by atoms with van der Waals surface area (Å²) in [6.07, 6.45) is 5.17. The summed E-state index contributed by atoms with van der Waals surface area (Å²) in [7, 11) is 1.86. The summed E-state index contributed by atoms with van der Waals surface area (Å²) in [6, 6.07) is 0.642. The van der Waals surface area contributed by atoms with Crippen molar-refractivity contribution in [1.82, 2.24) is 20.0 Å². The van der Waals surface area contributed by atoms with Gasteiger partial charge in [-0.2, -0.15) is 0 Å². The molecule has 0 aromatic rings. The Balaban J connectivity index is 1.82. The zero-order valence-electron chi connectivity index (χ0n) is 18.2. The lowest BCUT2D eigenvalue weighted by Gasteiger charge is -2.39. The number of amides is 2. The Bertz CT molecular complexity index is 506. The molecule has 28 heavy (non-hydrogen) atoms. The Morgan fingerprint density at radius 3 is 2.39 bits per heavy atom. The van der Waals surface area contributed by atoms with E-state index in [1.807, 2.05) is 16.8 Å². The first-order valence-electron chi connectivity index (χ1n) is 11.0. The van der Waals surface area contributed by atoms with Crippen molar-refractivity contribution in [3.05, 3.63) is 0 Å². The third-order valence-corrected chi connectivity index (χ3v) is 6.51. The van der Waals surface area contributed by atoms with E-state index in [1.165, 1.54) is 12.8 Å². The summed E-state index contributed by atoms with van der Waals surface area (Å²) >= 11 is 0. The number of aliphatic carboxylic acids is 1. The highest BCUT2D eigenvalue weighted by Gasteiger charge is 2.28. The third-order valence-electron chi connectivity index (χ3n) is 6.51. The van der Waals surface area contributed by atoms with E-state index in [-0.39, 0.29) is 18.6 Å². The van der Waals surface area contributed by atoms with Crippen molar-refractivity contribution in [2.24, 2.45) is 11.8 Å². The molecule has 0 aromatic carbocycles. The molecule has 0 aliphatic carbocycles. The summed E-state index contributed by atoms with van der Waals surface area (Å²) in [6.45, 7) is 11.2. The molecule has 162 valence electrons. The number of rotatable bonds is 7. The summed E-state index contributed by atoms with van der Waals surface area (Å²) in [4.78, 5) is 30.1. The molecule has 2 N–H and O–H groups in total. The fourth-order valence-electron chi connectivity index (χ4n) is 4.52. The zero-order chi connectivity index (χ0) is 20.7. The second-order valence-electron chi connectivity index (χ2n) is 9.10. The third kappa shape index (κ3) is 6.92. The maximum Gasteiger partial charge on any atom is 0.317 e. The average molecular weight is 397 g/mol. The molecular weight excluding hydrogens is 356 g/mol. The van der Waals surface area contributed by atoms with Gasteiger partial charge in [-0.15, -0.1) is 0 Å². The van der Waals surface area contributed by atoms with Crippen molar-refractivity contribution in [2.45, 2.75) is 65.0 Å². The van der Waals surface area contributed by atoms with Crippen LogP contribution in [0.25, 0.3) is 0 Å². The second kappa shape index (κ2) is 11.0. The summed E-state index contributed by atoms with van der Waals surface area (Å²) in [5.74, 6) is 0.517. The predicted molar refractivity (Wildman–Crippen MR) is 111 cm³/mol. The van der Waals surface area contributed by atoms with Crippen LogP contribution in [0.5, 0.6) is 0 Å². The van der Waals surface area contributed by atoms with Gasteiger partial charge in [0.25, 0.3) is 0 Å². The highest BCUT2D eigenvalue weighted by molar-refractivity contribution is 5.74. The van der Waals surface area contributed by atoms with E-state index in [9.17, 15) is 9.59 Å². The van der Waals surface area contributed by atoms with Gasteiger partial charge in [-0.3, -0.25) is 14.6 Å². The van der Waals surface area contributed by atoms with Crippen molar-refractivity contribution in [2.75, 3.05) is 46.3 Å². The number of carbonyl (C=O) groups is 2. The van der Waals surface area contributed by atoms with Crippen LogP contribution in [-0.2, 0) is 4.79 Å². The van der Waals surface area contributed by atoms with Crippen LogP contribution in [-0.4, -0.2) is 90.2 Å². The number of carboxylic acids is 1. The lowest BCUT2D eigenvalue weighted by Crippen LogP contribution is -2.51. The molecule has 7 heteroatoms. The van der Waals surface area contributed by atoms with Gasteiger partial charge >= 0.3 is 12.0 Å². The van der Waals surface area contributed by atoms with Crippen LogP contribution < -0.4 is 5.32 Å². The van der Waals surface area contributed by atoms with E-state index in [0.717, 1.165) is 44.8 Å². The number of hydrogen-bond donors (Lipinski definition) is 2. The van der Waals surface area contributed by atoms with Gasteiger partial charge in [0.1, 0.15) is 0 Å². The van der Waals surface area contributed by atoms with Gasteiger partial charge in [0.05, 0.1) is 6.54 Å². The van der Waals surface area contributed by atoms with Gasteiger partial charge in [-0.1, -0.05) is 20.8 Å². The number of nitrogens with zero attached hydrogens (tertiary/aromatic N) is 3. The number of carboxylic acid groups (broad SMARTS) is 1. The molecule has 2 amide bonds.